The highest BCUT2D eigenvalue weighted by Crippen LogP contribution is 2.30. The largest absolute Gasteiger partial charge is 0.408 e. The van der Waals surface area contributed by atoms with Crippen LogP contribution >= 0.6 is 0 Å². The van der Waals surface area contributed by atoms with E-state index in [4.69, 9.17) is 4.74 Å². The van der Waals surface area contributed by atoms with Gasteiger partial charge in [-0.2, -0.15) is 13.2 Å². The Balaban J connectivity index is 4.33. The Hall–Kier alpha value is -0.290. The number of alkyl halides is 3. The van der Waals surface area contributed by atoms with Crippen LogP contribution in [0.4, 0.5) is 13.2 Å². The number of halogens is 3. The summed E-state index contributed by atoms with van der Waals surface area (Å²) in [5, 5.41) is 2.47. The van der Waals surface area contributed by atoms with Crippen LogP contribution in [0.2, 0.25) is 0 Å². The highest BCUT2D eigenvalue weighted by Gasteiger charge is 2.50. The van der Waals surface area contributed by atoms with Crippen molar-refractivity contribution < 1.29 is 17.9 Å². The molecule has 0 amide bonds. The summed E-state index contributed by atoms with van der Waals surface area (Å²) in [6.45, 7) is 4.91. The Labute approximate surface area is 82.8 Å². The van der Waals surface area contributed by atoms with Gasteiger partial charge in [-0.1, -0.05) is 6.92 Å². The molecule has 1 N–H and O–H groups in total. The van der Waals surface area contributed by atoms with Crippen LogP contribution in [-0.2, 0) is 4.74 Å². The van der Waals surface area contributed by atoms with Crippen LogP contribution in [0.25, 0.3) is 0 Å². The number of nitrogens with one attached hydrogen (secondary N) is 1. The molecule has 0 aromatic carbocycles. The van der Waals surface area contributed by atoms with Crippen molar-refractivity contribution in [1.29, 1.82) is 0 Å². The molecule has 0 fully saturated rings. The quantitative estimate of drug-likeness (QED) is 0.731. The molecule has 0 saturated heterocycles. The standard InChI is InChI=1S/C9H18F3NO/c1-4-6-13-8(3,7-14-5-2)9(10,11)12/h13H,4-7H2,1-3H3. The lowest BCUT2D eigenvalue weighted by molar-refractivity contribution is -0.205. The topological polar surface area (TPSA) is 21.3 Å². The van der Waals surface area contributed by atoms with Gasteiger partial charge in [0.1, 0.15) is 5.54 Å². The van der Waals surface area contributed by atoms with Crippen LogP contribution in [0.1, 0.15) is 27.2 Å². The second-order valence-corrected chi connectivity index (χ2v) is 3.39. The van der Waals surface area contributed by atoms with Crippen molar-refractivity contribution in [3.8, 4) is 0 Å². The second kappa shape index (κ2) is 5.56. The van der Waals surface area contributed by atoms with Gasteiger partial charge in [-0.05, 0) is 26.8 Å². The van der Waals surface area contributed by atoms with Gasteiger partial charge in [-0.25, -0.2) is 0 Å². The van der Waals surface area contributed by atoms with Gasteiger partial charge in [0.25, 0.3) is 0 Å². The van der Waals surface area contributed by atoms with Gasteiger partial charge in [0.05, 0.1) is 6.61 Å². The van der Waals surface area contributed by atoms with Crippen molar-refractivity contribution in [1.82, 2.24) is 5.32 Å². The van der Waals surface area contributed by atoms with Crippen molar-refractivity contribution >= 4 is 0 Å². The Morgan fingerprint density at radius 1 is 1.21 bits per heavy atom. The minimum Gasteiger partial charge on any atom is -0.379 e. The van der Waals surface area contributed by atoms with Gasteiger partial charge in [-0.15, -0.1) is 0 Å². The first-order valence-corrected chi connectivity index (χ1v) is 4.77. The van der Waals surface area contributed by atoms with E-state index in [1.807, 2.05) is 6.92 Å². The van der Waals surface area contributed by atoms with Crippen molar-refractivity contribution in [2.45, 2.75) is 38.9 Å². The third kappa shape index (κ3) is 3.84. The van der Waals surface area contributed by atoms with E-state index < -0.39 is 11.7 Å². The lowest BCUT2D eigenvalue weighted by Crippen LogP contribution is -2.57. The first-order chi connectivity index (χ1) is 6.37. The zero-order valence-corrected chi connectivity index (χ0v) is 8.87. The van der Waals surface area contributed by atoms with E-state index in [1.165, 1.54) is 0 Å². The Morgan fingerprint density at radius 3 is 2.14 bits per heavy atom. The SMILES string of the molecule is CCCNC(C)(COCC)C(F)(F)F. The van der Waals surface area contributed by atoms with Crippen LogP contribution in [0, 0.1) is 0 Å². The molecule has 1 atom stereocenters. The minimum atomic E-state index is -4.28. The van der Waals surface area contributed by atoms with E-state index in [2.05, 4.69) is 5.32 Å². The molecule has 2 nitrogen and oxygen atoms in total. The molecule has 86 valence electrons. The summed E-state index contributed by atoms with van der Waals surface area (Å²) in [6, 6.07) is 0. The predicted molar refractivity (Wildman–Crippen MR) is 49.2 cm³/mol. The summed E-state index contributed by atoms with van der Waals surface area (Å²) < 4.78 is 42.7. The molecule has 0 radical (unpaired) electrons. The number of ether oxygens (including phenoxy) is 1. The maximum Gasteiger partial charge on any atom is 0.408 e. The van der Waals surface area contributed by atoms with Crippen molar-refractivity contribution in [2.24, 2.45) is 0 Å². The summed E-state index contributed by atoms with van der Waals surface area (Å²) in [5.41, 5.74) is -1.93. The molecule has 0 heterocycles. The summed E-state index contributed by atoms with van der Waals surface area (Å²) in [6.07, 6.45) is -3.62. The van der Waals surface area contributed by atoms with E-state index in [-0.39, 0.29) is 6.61 Å². The maximum absolute atomic E-state index is 12.6. The number of rotatable bonds is 6. The smallest absolute Gasteiger partial charge is 0.379 e. The lowest BCUT2D eigenvalue weighted by atomic mass is 10.0. The molecule has 0 spiro atoms. The third-order valence-corrected chi connectivity index (χ3v) is 1.99. The van der Waals surface area contributed by atoms with Gasteiger partial charge in [0.15, 0.2) is 0 Å². The zero-order chi connectivity index (χ0) is 11.2. The molecule has 0 aliphatic rings. The molecule has 0 aromatic heterocycles. The molecular formula is C9H18F3NO. The molecule has 0 saturated carbocycles. The van der Waals surface area contributed by atoms with E-state index in [9.17, 15) is 13.2 Å². The molecule has 0 aliphatic carbocycles. The molecule has 0 bridgehead atoms. The Kier molecular flexibility index (Phi) is 5.44. The highest BCUT2D eigenvalue weighted by molar-refractivity contribution is 4.90. The molecule has 14 heavy (non-hydrogen) atoms. The van der Waals surface area contributed by atoms with Crippen molar-refractivity contribution in [2.75, 3.05) is 19.8 Å². The van der Waals surface area contributed by atoms with E-state index >= 15 is 0 Å². The van der Waals surface area contributed by atoms with Gasteiger partial charge in [0.2, 0.25) is 0 Å². The molecule has 1 unspecified atom stereocenters. The summed E-state index contributed by atoms with van der Waals surface area (Å²) in [7, 11) is 0. The van der Waals surface area contributed by atoms with Crippen LogP contribution in [0.15, 0.2) is 0 Å². The summed E-state index contributed by atoms with van der Waals surface area (Å²) in [5.74, 6) is 0. The summed E-state index contributed by atoms with van der Waals surface area (Å²) >= 11 is 0. The van der Waals surface area contributed by atoms with Crippen LogP contribution in [-0.4, -0.2) is 31.5 Å². The van der Waals surface area contributed by atoms with Crippen LogP contribution < -0.4 is 5.32 Å². The van der Waals surface area contributed by atoms with Gasteiger partial charge in [0, 0.05) is 6.61 Å². The van der Waals surface area contributed by atoms with Crippen molar-refractivity contribution in [3.05, 3.63) is 0 Å². The van der Waals surface area contributed by atoms with Gasteiger partial charge in [-0.3, -0.25) is 0 Å². The lowest BCUT2D eigenvalue weighted by Gasteiger charge is -2.32. The second-order valence-electron chi connectivity index (χ2n) is 3.39. The van der Waals surface area contributed by atoms with E-state index in [1.54, 1.807) is 6.92 Å². The summed E-state index contributed by atoms with van der Waals surface area (Å²) in [4.78, 5) is 0. The van der Waals surface area contributed by atoms with Crippen LogP contribution in [0.5, 0.6) is 0 Å². The number of hydrogen-bond acceptors (Lipinski definition) is 2. The van der Waals surface area contributed by atoms with E-state index in [0.717, 1.165) is 6.92 Å². The predicted octanol–water partition coefficient (Wildman–Crippen LogP) is 2.34. The third-order valence-electron chi connectivity index (χ3n) is 1.99. The Bertz CT molecular complexity index is 151. The highest BCUT2D eigenvalue weighted by atomic mass is 19.4. The fourth-order valence-corrected chi connectivity index (χ4v) is 0.940. The fraction of sp³-hybridized carbons (Fsp3) is 1.00. The normalized spacial score (nSPS) is 16.7. The van der Waals surface area contributed by atoms with Gasteiger partial charge >= 0.3 is 6.18 Å². The van der Waals surface area contributed by atoms with E-state index in [0.29, 0.717) is 19.6 Å². The average molecular weight is 213 g/mol. The molecule has 5 heteroatoms. The van der Waals surface area contributed by atoms with Crippen LogP contribution in [0.3, 0.4) is 0 Å². The van der Waals surface area contributed by atoms with Crippen molar-refractivity contribution in [3.63, 3.8) is 0 Å². The average Bonchev–Trinajstić information content (AvgIpc) is 2.09. The molecule has 0 aliphatic heterocycles. The first kappa shape index (κ1) is 13.7. The van der Waals surface area contributed by atoms with Gasteiger partial charge < -0.3 is 10.1 Å². The molecule has 0 rings (SSSR count). The molecule has 0 aromatic rings. The first-order valence-electron chi connectivity index (χ1n) is 4.77. The zero-order valence-electron chi connectivity index (χ0n) is 8.87. The maximum atomic E-state index is 12.6. The fourth-order valence-electron chi connectivity index (χ4n) is 0.940. The monoisotopic (exact) mass is 213 g/mol. The molecular weight excluding hydrogens is 195 g/mol. The number of hydrogen-bond donors (Lipinski definition) is 1. The Morgan fingerprint density at radius 2 is 1.79 bits per heavy atom. The minimum absolute atomic E-state index is 0.291.